The molecule has 5 aromatic rings. The summed E-state index contributed by atoms with van der Waals surface area (Å²) in [6.45, 7) is 16.2. The Morgan fingerprint density at radius 1 is 0.926 bits per heavy atom. The summed E-state index contributed by atoms with van der Waals surface area (Å²) in [6.07, 6.45) is -0.264. The number of nitrogens with zero attached hydrogens (tertiary/aromatic N) is 6. The fourth-order valence-electron chi connectivity index (χ4n) is 8.39. The highest BCUT2D eigenvalue weighted by Gasteiger charge is 2.45. The third-order valence-corrected chi connectivity index (χ3v) is 14.6. The van der Waals surface area contributed by atoms with E-state index in [4.69, 9.17) is 26.1 Å². The molecule has 5 heterocycles. The molecule has 2 aliphatic rings. The zero-order valence-electron chi connectivity index (χ0n) is 39.7. The fourth-order valence-corrected chi connectivity index (χ4v) is 10.5. The third-order valence-electron chi connectivity index (χ3n) is 12.2. The Balaban J connectivity index is 0.840. The molecular weight excluding hydrogens is 926 g/mol. The number of nitrogens with one attached hydrogen (secondary N) is 3. The van der Waals surface area contributed by atoms with E-state index in [1.165, 1.54) is 4.90 Å². The first kappa shape index (κ1) is 50.5. The number of thiazole rings is 1. The van der Waals surface area contributed by atoms with Gasteiger partial charge in [0, 0.05) is 53.8 Å². The minimum absolute atomic E-state index is 0.0302. The van der Waals surface area contributed by atoms with Gasteiger partial charge in [0.25, 0.3) is 0 Å². The number of amides is 4. The Labute approximate surface area is 409 Å². The quantitative estimate of drug-likeness (QED) is 0.0700. The van der Waals surface area contributed by atoms with Gasteiger partial charge in [0.2, 0.25) is 23.6 Å². The first-order valence-electron chi connectivity index (χ1n) is 22.8. The van der Waals surface area contributed by atoms with Gasteiger partial charge in [-0.1, -0.05) is 68.8 Å². The van der Waals surface area contributed by atoms with Crippen LogP contribution in [0.3, 0.4) is 0 Å². The number of β-amino-alcohol motifs (C(OH)–C–C–N with tert-alkyl or cyclic N) is 1. The van der Waals surface area contributed by atoms with Gasteiger partial charge < -0.3 is 35.4 Å². The number of halogens is 1. The van der Waals surface area contributed by atoms with Crippen molar-refractivity contribution in [1.29, 1.82) is 0 Å². The standard InChI is InChI=1S/C49H60ClN9O7S2/c1-27-30(4)68-48-41(27)42(33-14-16-35(50)17-15-33)54-37(45-57-56-31(5)59(45)48)23-39(61)51-18-21-65-19-9-20-66-25-40(62)55-44(49(6,7)8)47(64)58-24-36(60)22-38(58)46(63)53-28(2)32-10-12-34(13-11-32)43-29(3)52-26-67-43/h10-17,26,28,36-38,44,60H,9,18-25H2,1-8H3,(H,51,61)(H,53,63)(H,55,62). The molecule has 2 aromatic carbocycles. The summed E-state index contributed by atoms with van der Waals surface area (Å²) >= 11 is 9.45. The van der Waals surface area contributed by atoms with Gasteiger partial charge in [-0.25, -0.2) is 4.98 Å². The monoisotopic (exact) mass is 985 g/mol. The van der Waals surface area contributed by atoms with Crippen molar-refractivity contribution in [1.82, 2.24) is 40.6 Å². The van der Waals surface area contributed by atoms with E-state index in [1.807, 2.05) is 100 Å². The number of fused-ring (bicyclic) bond motifs is 3. The summed E-state index contributed by atoms with van der Waals surface area (Å²) in [7, 11) is 0. The first-order valence-corrected chi connectivity index (χ1v) is 24.9. The van der Waals surface area contributed by atoms with E-state index >= 15 is 0 Å². The molecule has 7 rings (SSSR count). The lowest BCUT2D eigenvalue weighted by Crippen LogP contribution is -2.58. The van der Waals surface area contributed by atoms with E-state index < -0.39 is 41.5 Å². The molecule has 362 valence electrons. The van der Waals surface area contributed by atoms with Crippen molar-refractivity contribution in [3.63, 3.8) is 0 Å². The van der Waals surface area contributed by atoms with Crippen LogP contribution in [0.1, 0.15) is 104 Å². The molecule has 2 aliphatic heterocycles. The Morgan fingerprint density at radius 3 is 2.32 bits per heavy atom. The van der Waals surface area contributed by atoms with Crippen molar-refractivity contribution < 1.29 is 33.8 Å². The molecule has 0 saturated carbocycles. The Kier molecular flexibility index (Phi) is 16.3. The van der Waals surface area contributed by atoms with E-state index in [9.17, 15) is 24.3 Å². The second-order valence-corrected chi connectivity index (χ2v) is 20.9. The van der Waals surface area contributed by atoms with Gasteiger partial charge in [0.1, 0.15) is 35.6 Å². The Hall–Kier alpha value is -5.37. The highest BCUT2D eigenvalue weighted by atomic mass is 35.5. The molecule has 5 unspecified atom stereocenters. The molecular formula is C49H60ClN9O7S2. The third kappa shape index (κ3) is 11.7. The number of carbonyl (C=O) groups is 4. The molecule has 5 atom stereocenters. The maximum atomic E-state index is 14.1. The van der Waals surface area contributed by atoms with Gasteiger partial charge in [-0.3, -0.25) is 28.7 Å². The van der Waals surface area contributed by atoms with Crippen LogP contribution in [-0.2, 0) is 28.7 Å². The summed E-state index contributed by atoms with van der Waals surface area (Å²) in [5, 5.41) is 29.9. The predicted octanol–water partition coefficient (Wildman–Crippen LogP) is 6.53. The summed E-state index contributed by atoms with van der Waals surface area (Å²) in [5.41, 5.74) is 7.76. The number of aliphatic imine (C=N–C) groups is 1. The average Bonchev–Trinajstić information content (AvgIpc) is 4.07. The van der Waals surface area contributed by atoms with Crippen LogP contribution in [-0.4, -0.2) is 117 Å². The molecule has 1 fully saturated rings. The zero-order valence-corrected chi connectivity index (χ0v) is 42.1. The number of thiophene rings is 1. The van der Waals surface area contributed by atoms with Crippen LogP contribution >= 0.6 is 34.3 Å². The normalized spacial score (nSPS) is 17.7. The van der Waals surface area contributed by atoms with Gasteiger partial charge in [0.05, 0.1) is 47.0 Å². The summed E-state index contributed by atoms with van der Waals surface area (Å²) in [6, 6.07) is 12.6. The number of aryl methyl sites for hydroxylation is 3. The van der Waals surface area contributed by atoms with Crippen molar-refractivity contribution in [3.8, 4) is 15.4 Å². The number of carbonyl (C=O) groups excluding carboxylic acids is 4. The lowest BCUT2D eigenvalue weighted by Gasteiger charge is -2.35. The molecule has 1 saturated heterocycles. The number of benzene rings is 2. The molecule has 19 heteroatoms. The minimum Gasteiger partial charge on any atom is -0.391 e. The molecule has 16 nitrogen and oxygen atoms in total. The molecule has 0 spiro atoms. The first-order chi connectivity index (χ1) is 32.4. The smallest absolute Gasteiger partial charge is 0.246 e. The summed E-state index contributed by atoms with van der Waals surface area (Å²) in [4.78, 5) is 67.3. The maximum Gasteiger partial charge on any atom is 0.246 e. The topological polar surface area (TPSA) is 202 Å². The molecule has 0 bridgehead atoms. The maximum absolute atomic E-state index is 14.1. The van der Waals surface area contributed by atoms with Crippen LogP contribution in [0, 0.1) is 33.1 Å². The molecule has 3 aromatic heterocycles. The Bertz CT molecular complexity index is 2640. The van der Waals surface area contributed by atoms with Gasteiger partial charge in [-0.2, -0.15) is 0 Å². The fraction of sp³-hybridized carbons (Fsp3) is 0.469. The molecule has 4 N–H and O–H groups in total. The number of aliphatic hydroxyl groups excluding tert-OH is 1. The number of rotatable bonds is 18. The average molecular weight is 987 g/mol. The Morgan fingerprint density at radius 2 is 1.63 bits per heavy atom. The number of hydrogen-bond donors (Lipinski definition) is 4. The van der Waals surface area contributed by atoms with Crippen molar-refractivity contribution in [2.75, 3.05) is 39.5 Å². The highest BCUT2D eigenvalue weighted by Crippen LogP contribution is 2.40. The van der Waals surface area contributed by atoms with Crippen molar-refractivity contribution in [2.24, 2.45) is 10.4 Å². The van der Waals surface area contributed by atoms with Crippen molar-refractivity contribution >= 4 is 63.6 Å². The number of ether oxygens (including phenoxy) is 2. The highest BCUT2D eigenvalue weighted by molar-refractivity contribution is 7.15. The largest absolute Gasteiger partial charge is 0.391 e. The zero-order chi connectivity index (χ0) is 48.9. The van der Waals surface area contributed by atoms with Crippen LogP contribution in [0.4, 0.5) is 0 Å². The SMILES string of the molecule is Cc1ncsc1-c1ccc(C(C)NC(=O)C2CC(O)CN2C(=O)C(NC(=O)COCCCOCCNC(=O)CC2N=C(c3ccc(Cl)cc3)c3c(sc(C)c3C)-n3c(C)nnc32)C(C)(C)C)cc1. The number of hydrogen-bond acceptors (Lipinski definition) is 13. The number of aromatic nitrogens is 4. The van der Waals surface area contributed by atoms with Crippen molar-refractivity contribution in [3.05, 3.63) is 104 Å². The van der Waals surface area contributed by atoms with E-state index in [0.717, 1.165) is 54.0 Å². The van der Waals surface area contributed by atoms with E-state index in [1.54, 1.807) is 22.7 Å². The van der Waals surface area contributed by atoms with Gasteiger partial charge in [-0.15, -0.1) is 32.9 Å². The molecule has 0 radical (unpaired) electrons. The van der Waals surface area contributed by atoms with Crippen LogP contribution in [0.15, 0.2) is 59.0 Å². The van der Waals surface area contributed by atoms with Crippen molar-refractivity contribution in [2.45, 2.75) is 105 Å². The summed E-state index contributed by atoms with van der Waals surface area (Å²) < 4.78 is 13.4. The second-order valence-electron chi connectivity index (χ2n) is 18.4. The molecule has 4 amide bonds. The van der Waals surface area contributed by atoms with Crippen LogP contribution < -0.4 is 16.0 Å². The second kappa shape index (κ2) is 21.9. The van der Waals surface area contributed by atoms with E-state index in [-0.39, 0.29) is 63.6 Å². The summed E-state index contributed by atoms with van der Waals surface area (Å²) in [5.74, 6) is -0.217. The van der Waals surface area contributed by atoms with E-state index in [2.05, 4.69) is 45.0 Å². The van der Waals surface area contributed by atoms with E-state index in [0.29, 0.717) is 29.7 Å². The van der Waals surface area contributed by atoms with Crippen LogP contribution in [0.5, 0.6) is 0 Å². The lowest BCUT2D eigenvalue weighted by molar-refractivity contribution is -0.144. The van der Waals surface area contributed by atoms with Crippen LogP contribution in [0.2, 0.25) is 5.02 Å². The number of likely N-dealkylation sites (tertiary alicyclic amines) is 1. The van der Waals surface area contributed by atoms with Gasteiger partial charge in [0.15, 0.2) is 5.82 Å². The lowest BCUT2D eigenvalue weighted by atomic mass is 9.85. The number of aliphatic hydroxyl groups is 1. The van der Waals surface area contributed by atoms with Gasteiger partial charge in [-0.05, 0) is 75.3 Å². The minimum atomic E-state index is -0.984. The molecule has 68 heavy (non-hydrogen) atoms. The molecule has 0 aliphatic carbocycles. The van der Waals surface area contributed by atoms with Crippen LogP contribution in [0.25, 0.3) is 15.4 Å². The predicted molar refractivity (Wildman–Crippen MR) is 264 cm³/mol. The van der Waals surface area contributed by atoms with Gasteiger partial charge >= 0.3 is 0 Å².